The van der Waals surface area contributed by atoms with Crippen LogP contribution in [0.25, 0.3) is 0 Å². The number of anilines is 1. The molecule has 5 heteroatoms. The van der Waals surface area contributed by atoms with E-state index in [1.807, 2.05) is 25.1 Å². The predicted molar refractivity (Wildman–Crippen MR) is 74.6 cm³/mol. The van der Waals surface area contributed by atoms with E-state index in [2.05, 4.69) is 26.1 Å². The van der Waals surface area contributed by atoms with Gasteiger partial charge in [0.15, 0.2) is 0 Å². The van der Waals surface area contributed by atoms with Gasteiger partial charge in [-0.1, -0.05) is 22.0 Å². The van der Waals surface area contributed by atoms with Gasteiger partial charge in [-0.2, -0.15) is 0 Å². The monoisotopic (exact) mass is 312 g/mol. The van der Waals surface area contributed by atoms with Crippen molar-refractivity contribution in [2.24, 2.45) is 0 Å². The Morgan fingerprint density at radius 3 is 2.89 bits per heavy atom. The van der Waals surface area contributed by atoms with Crippen molar-refractivity contribution in [2.75, 3.05) is 18.0 Å². The van der Waals surface area contributed by atoms with Gasteiger partial charge in [-0.05, 0) is 31.5 Å². The lowest BCUT2D eigenvalue weighted by Gasteiger charge is -2.35. The van der Waals surface area contributed by atoms with Crippen molar-refractivity contribution in [1.82, 2.24) is 5.32 Å². The van der Waals surface area contributed by atoms with Crippen molar-refractivity contribution >= 4 is 27.5 Å². The Labute approximate surface area is 115 Å². The summed E-state index contributed by atoms with van der Waals surface area (Å²) in [5, 5.41) is 12.4. The molecule has 1 heterocycles. The summed E-state index contributed by atoms with van der Waals surface area (Å²) in [5.74, 6) is 0.0528. The predicted octanol–water partition coefficient (Wildman–Crippen LogP) is 1.83. The molecule has 0 bridgehead atoms. The minimum absolute atomic E-state index is 0.0528. The molecule has 0 saturated carbocycles. The maximum absolute atomic E-state index is 11.6. The van der Waals surface area contributed by atoms with Crippen LogP contribution in [-0.4, -0.2) is 30.1 Å². The van der Waals surface area contributed by atoms with E-state index in [4.69, 9.17) is 0 Å². The van der Waals surface area contributed by atoms with Crippen LogP contribution in [0.4, 0.5) is 5.69 Å². The minimum atomic E-state index is -0.504. The number of aliphatic hydroxyl groups excluding tert-OH is 1. The van der Waals surface area contributed by atoms with Crippen LogP contribution >= 0.6 is 15.9 Å². The summed E-state index contributed by atoms with van der Waals surface area (Å²) in [7, 11) is 0. The molecule has 1 aliphatic heterocycles. The highest BCUT2D eigenvalue weighted by Gasteiger charge is 2.25. The SMILES string of the molecule is CC(O)c1ccc(N2CCNC(=O)C2C)cc1Br. The quantitative estimate of drug-likeness (QED) is 0.876. The number of carbonyl (C=O) groups is 1. The number of hydrogen-bond donors (Lipinski definition) is 2. The zero-order valence-corrected chi connectivity index (χ0v) is 12.1. The van der Waals surface area contributed by atoms with Crippen LogP contribution in [0.5, 0.6) is 0 Å². The van der Waals surface area contributed by atoms with Crippen LogP contribution in [-0.2, 0) is 4.79 Å². The number of amides is 1. The van der Waals surface area contributed by atoms with Gasteiger partial charge in [-0.3, -0.25) is 4.79 Å². The molecule has 1 saturated heterocycles. The van der Waals surface area contributed by atoms with E-state index in [0.717, 1.165) is 22.3 Å². The van der Waals surface area contributed by atoms with Crippen LogP contribution in [0.1, 0.15) is 25.5 Å². The average Bonchev–Trinajstić information content (AvgIpc) is 2.32. The normalized spacial score (nSPS) is 21.7. The second kappa shape index (κ2) is 5.28. The summed E-state index contributed by atoms with van der Waals surface area (Å²) in [6.45, 7) is 5.09. The lowest BCUT2D eigenvalue weighted by atomic mass is 10.1. The van der Waals surface area contributed by atoms with Gasteiger partial charge in [0.05, 0.1) is 6.10 Å². The zero-order chi connectivity index (χ0) is 13.3. The lowest BCUT2D eigenvalue weighted by molar-refractivity contribution is -0.122. The van der Waals surface area contributed by atoms with Gasteiger partial charge < -0.3 is 15.3 Å². The van der Waals surface area contributed by atoms with E-state index < -0.39 is 6.10 Å². The van der Waals surface area contributed by atoms with Crippen molar-refractivity contribution in [1.29, 1.82) is 0 Å². The number of hydrogen-bond acceptors (Lipinski definition) is 3. The topological polar surface area (TPSA) is 52.6 Å². The highest BCUT2D eigenvalue weighted by atomic mass is 79.9. The van der Waals surface area contributed by atoms with Gasteiger partial charge in [0, 0.05) is 23.2 Å². The van der Waals surface area contributed by atoms with Crippen molar-refractivity contribution < 1.29 is 9.90 Å². The molecular formula is C13H17BrN2O2. The van der Waals surface area contributed by atoms with Crippen molar-refractivity contribution in [3.05, 3.63) is 28.2 Å². The lowest BCUT2D eigenvalue weighted by Crippen LogP contribution is -2.54. The van der Waals surface area contributed by atoms with Crippen molar-refractivity contribution in [3.8, 4) is 0 Å². The maximum Gasteiger partial charge on any atom is 0.242 e. The first-order valence-electron chi connectivity index (χ1n) is 6.02. The van der Waals surface area contributed by atoms with Crippen LogP contribution < -0.4 is 10.2 Å². The molecule has 1 aliphatic rings. The summed E-state index contributed by atoms with van der Waals surface area (Å²) in [6, 6.07) is 5.63. The molecule has 1 aromatic rings. The van der Waals surface area contributed by atoms with Crippen LogP contribution in [0.2, 0.25) is 0 Å². The van der Waals surface area contributed by atoms with E-state index >= 15 is 0 Å². The fourth-order valence-corrected chi connectivity index (χ4v) is 2.87. The zero-order valence-electron chi connectivity index (χ0n) is 10.5. The molecule has 4 nitrogen and oxygen atoms in total. The Morgan fingerprint density at radius 1 is 1.56 bits per heavy atom. The van der Waals surface area contributed by atoms with Crippen molar-refractivity contribution in [3.63, 3.8) is 0 Å². The molecule has 0 aromatic heterocycles. The van der Waals surface area contributed by atoms with E-state index in [1.54, 1.807) is 6.92 Å². The van der Waals surface area contributed by atoms with Crippen LogP contribution in [0.3, 0.4) is 0 Å². The van der Waals surface area contributed by atoms with E-state index in [9.17, 15) is 9.90 Å². The number of halogens is 1. The average molecular weight is 313 g/mol. The number of nitrogens with zero attached hydrogens (tertiary/aromatic N) is 1. The third-order valence-electron chi connectivity index (χ3n) is 3.26. The summed E-state index contributed by atoms with van der Waals surface area (Å²) in [4.78, 5) is 13.7. The van der Waals surface area contributed by atoms with Gasteiger partial charge in [-0.25, -0.2) is 0 Å². The Bertz CT molecular complexity index is 462. The van der Waals surface area contributed by atoms with Crippen LogP contribution in [0.15, 0.2) is 22.7 Å². The van der Waals surface area contributed by atoms with Gasteiger partial charge in [0.1, 0.15) is 6.04 Å². The largest absolute Gasteiger partial charge is 0.389 e. The molecule has 0 aliphatic carbocycles. The second-order valence-electron chi connectivity index (χ2n) is 4.54. The Morgan fingerprint density at radius 2 is 2.28 bits per heavy atom. The smallest absolute Gasteiger partial charge is 0.242 e. The number of benzene rings is 1. The molecule has 2 N–H and O–H groups in total. The molecule has 0 radical (unpaired) electrons. The maximum atomic E-state index is 11.6. The highest BCUT2D eigenvalue weighted by Crippen LogP contribution is 2.29. The Hall–Kier alpha value is -1.07. The van der Waals surface area contributed by atoms with Gasteiger partial charge in [0.2, 0.25) is 5.91 Å². The molecule has 2 unspecified atom stereocenters. The van der Waals surface area contributed by atoms with E-state index in [1.165, 1.54) is 0 Å². The molecule has 1 aromatic carbocycles. The fourth-order valence-electron chi connectivity index (χ4n) is 2.17. The van der Waals surface area contributed by atoms with Crippen molar-refractivity contribution in [2.45, 2.75) is 26.0 Å². The Balaban J connectivity index is 2.28. The van der Waals surface area contributed by atoms with Gasteiger partial charge in [0.25, 0.3) is 0 Å². The molecule has 0 spiro atoms. The molecule has 18 heavy (non-hydrogen) atoms. The number of rotatable bonds is 2. The summed E-state index contributed by atoms with van der Waals surface area (Å²) < 4.78 is 0.869. The molecule has 2 atom stereocenters. The molecule has 1 fully saturated rings. The molecule has 1 amide bonds. The summed E-state index contributed by atoms with van der Waals surface area (Å²) in [5.41, 5.74) is 1.85. The number of carbonyl (C=O) groups excluding carboxylic acids is 1. The standard InChI is InChI=1S/C13H17BrN2O2/c1-8-13(18)15-5-6-16(8)10-3-4-11(9(2)17)12(14)7-10/h3-4,7-9,17H,5-6H2,1-2H3,(H,15,18). The first kappa shape index (κ1) is 13.4. The van der Waals surface area contributed by atoms with E-state index in [0.29, 0.717) is 6.54 Å². The van der Waals surface area contributed by atoms with E-state index in [-0.39, 0.29) is 11.9 Å². The highest BCUT2D eigenvalue weighted by molar-refractivity contribution is 9.10. The third kappa shape index (κ3) is 2.52. The Kier molecular flexibility index (Phi) is 3.92. The molecule has 2 rings (SSSR count). The van der Waals surface area contributed by atoms with Gasteiger partial charge >= 0.3 is 0 Å². The third-order valence-corrected chi connectivity index (χ3v) is 3.95. The molecular weight excluding hydrogens is 296 g/mol. The first-order chi connectivity index (χ1) is 8.50. The first-order valence-corrected chi connectivity index (χ1v) is 6.82. The minimum Gasteiger partial charge on any atom is -0.389 e. The summed E-state index contributed by atoms with van der Waals surface area (Å²) in [6.07, 6.45) is -0.504. The summed E-state index contributed by atoms with van der Waals surface area (Å²) >= 11 is 3.46. The number of aliphatic hydroxyl groups is 1. The van der Waals surface area contributed by atoms with Gasteiger partial charge in [-0.15, -0.1) is 0 Å². The fraction of sp³-hybridized carbons (Fsp3) is 0.462. The number of piperazine rings is 1. The van der Waals surface area contributed by atoms with Crippen LogP contribution in [0, 0.1) is 0 Å². The molecule has 98 valence electrons. The second-order valence-corrected chi connectivity index (χ2v) is 5.40. The number of nitrogens with one attached hydrogen (secondary N) is 1.